The fraction of sp³-hybridized carbons (Fsp3) is 0.286. The van der Waals surface area contributed by atoms with Crippen molar-refractivity contribution in [2.75, 3.05) is 5.32 Å². The highest BCUT2D eigenvalue weighted by Crippen LogP contribution is 2.28. The average molecular weight is 342 g/mol. The van der Waals surface area contributed by atoms with Crippen molar-refractivity contribution >= 4 is 33.6 Å². The number of halogens is 1. The van der Waals surface area contributed by atoms with Gasteiger partial charge < -0.3 is 15.5 Å². The van der Waals surface area contributed by atoms with Crippen LogP contribution in [-0.2, 0) is 9.59 Å². The van der Waals surface area contributed by atoms with Gasteiger partial charge in [0, 0.05) is 4.47 Å². The van der Waals surface area contributed by atoms with E-state index in [0.29, 0.717) is 16.1 Å². The molecule has 0 aliphatic carbocycles. The molecule has 108 valence electrons. The number of carbonyl (C=O) groups is 2. The molecular weight excluding hydrogens is 326 g/mol. The zero-order valence-corrected chi connectivity index (χ0v) is 13.0. The summed E-state index contributed by atoms with van der Waals surface area (Å²) in [7, 11) is 0. The minimum absolute atomic E-state index is 0.252. The summed E-state index contributed by atoms with van der Waals surface area (Å²) < 4.78 is 0.681. The third-order valence-electron chi connectivity index (χ3n) is 2.83. The summed E-state index contributed by atoms with van der Waals surface area (Å²) >= 11 is 3.35. The van der Waals surface area contributed by atoms with Crippen molar-refractivity contribution in [2.24, 2.45) is 0 Å². The number of carboxylic acid groups (broad SMARTS) is 2. The highest BCUT2D eigenvalue weighted by atomic mass is 79.9. The molecule has 0 amide bonds. The molecule has 0 spiro atoms. The Bertz CT molecular complexity index is 579. The first-order valence-corrected chi connectivity index (χ1v) is 6.77. The van der Waals surface area contributed by atoms with Crippen LogP contribution >= 0.6 is 15.9 Å². The van der Waals surface area contributed by atoms with E-state index in [9.17, 15) is 9.59 Å². The largest absolute Gasteiger partial charge is 0.478 e. The quantitative estimate of drug-likeness (QED) is 0.714. The van der Waals surface area contributed by atoms with Crippen molar-refractivity contribution in [3.8, 4) is 0 Å². The van der Waals surface area contributed by atoms with E-state index in [1.54, 1.807) is 6.07 Å². The molecule has 0 bridgehead atoms. The number of nitrogens with one attached hydrogen (secondary N) is 1. The molecule has 1 rings (SSSR count). The van der Waals surface area contributed by atoms with E-state index in [1.165, 1.54) is 6.92 Å². The molecule has 0 atom stereocenters. The molecule has 3 N–H and O–H groups in total. The summed E-state index contributed by atoms with van der Waals surface area (Å²) in [5.74, 6) is -2.25. The first kappa shape index (κ1) is 16.2. The van der Waals surface area contributed by atoms with Gasteiger partial charge in [0.15, 0.2) is 0 Å². The maximum Gasteiger partial charge on any atom is 0.352 e. The van der Waals surface area contributed by atoms with E-state index in [0.717, 1.165) is 5.56 Å². The van der Waals surface area contributed by atoms with Crippen molar-refractivity contribution in [3.63, 3.8) is 0 Å². The minimum atomic E-state index is -1.32. The second kappa shape index (κ2) is 6.56. The van der Waals surface area contributed by atoms with Crippen LogP contribution in [0.1, 0.15) is 32.3 Å². The SMILES string of the molecule is CC(C(=O)O)=C(Nc1ccc(C(C)C)cc1Br)C(=O)O. The van der Waals surface area contributed by atoms with Gasteiger partial charge in [-0.2, -0.15) is 0 Å². The third-order valence-corrected chi connectivity index (χ3v) is 3.49. The van der Waals surface area contributed by atoms with E-state index in [1.807, 2.05) is 26.0 Å². The number of rotatable bonds is 5. The van der Waals surface area contributed by atoms with Gasteiger partial charge >= 0.3 is 11.9 Å². The summed E-state index contributed by atoms with van der Waals surface area (Å²) in [6.07, 6.45) is 0. The smallest absolute Gasteiger partial charge is 0.352 e. The molecule has 0 aromatic heterocycles. The first-order chi connectivity index (χ1) is 9.23. The summed E-state index contributed by atoms with van der Waals surface area (Å²) in [4.78, 5) is 22.0. The van der Waals surface area contributed by atoms with Gasteiger partial charge in [0.05, 0.1) is 11.3 Å². The Morgan fingerprint density at radius 1 is 1.20 bits per heavy atom. The van der Waals surface area contributed by atoms with Crippen molar-refractivity contribution in [3.05, 3.63) is 39.5 Å². The lowest BCUT2D eigenvalue weighted by Crippen LogP contribution is -2.16. The van der Waals surface area contributed by atoms with Gasteiger partial charge in [0.2, 0.25) is 0 Å². The summed E-state index contributed by atoms with van der Waals surface area (Å²) in [6.45, 7) is 5.34. The van der Waals surface area contributed by atoms with Crippen molar-refractivity contribution < 1.29 is 19.8 Å². The maximum atomic E-state index is 11.1. The standard InChI is InChI=1S/C14H16BrNO4/c1-7(2)9-4-5-11(10(15)6-9)16-12(14(19)20)8(3)13(17)18/h4-7,16H,1-3H3,(H,17,18)(H,19,20). The highest BCUT2D eigenvalue weighted by Gasteiger charge is 2.17. The van der Waals surface area contributed by atoms with Crippen LogP contribution in [0.5, 0.6) is 0 Å². The predicted octanol–water partition coefficient (Wildman–Crippen LogP) is 3.43. The molecule has 6 heteroatoms. The number of aliphatic carboxylic acids is 2. The Balaban J connectivity index is 3.17. The second-order valence-corrected chi connectivity index (χ2v) is 5.48. The summed E-state index contributed by atoms with van der Waals surface area (Å²) in [5.41, 5.74) is 0.999. The fourth-order valence-electron chi connectivity index (χ4n) is 1.54. The second-order valence-electron chi connectivity index (χ2n) is 4.63. The predicted molar refractivity (Wildman–Crippen MR) is 79.8 cm³/mol. The van der Waals surface area contributed by atoms with E-state index in [-0.39, 0.29) is 11.3 Å². The van der Waals surface area contributed by atoms with Gasteiger partial charge in [0.25, 0.3) is 0 Å². The highest BCUT2D eigenvalue weighted by molar-refractivity contribution is 9.10. The zero-order valence-electron chi connectivity index (χ0n) is 11.4. The molecule has 0 radical (unpaired) electrons. The lowest BCUT2D eigenvalue weighted by atomic mass is 10.0. The van der Waals surface area contributed by atoms with Crippen LogP contribution < -0.4 is 5.32 Å². The number of benzene rings is 1. The van der Waals surface area contributed by atoms with E-state index in [4.69, 9.17) is 10.2 Å². The van der Waals surface area contributed by atoms with Crippen molar-refractivity contribution in [1.82, 2.24) is 0 Å². The van der Waals surface area contributed by atoms with Crippen molar-refractivity contribution in [1.29, 1.82) is 0 Å². The summed E-state index contributed by atoms with van der Waals surface area (Å²) in [6, 6.07) is 5.47. The van der Waals surface area contributed by atoms with Crippen LogP contribution in [0, 0.1) is 0 Å². The van der Waals surface area contributed by atoms with Crippen LogP contribution in [-0.4, -0.2) is 22.2 Å². The Kier molecular flexibility index (Phi) is 5.33. The van der Waals surface area contributed by atoms with Crippen LogP contribution in [0.2, 0.25) is 0 Å². The zero-order chi connectivity index (χ0) is 15.4. The molecular formula is C14H16BrNO4. The molecule has 0 fully saturated rings. The molecule has 0 unspecified atom stereocenters. The van der Waals surface area contributed by atoms with Gasteiger partial charge in [-0.05, 0) is 46.5 Å². The number of carboxylic acids is 2. The Morgan fingerprint density at radius 2 is 1.80 bits per heavy atom. The van der Waals surface area contributed by atoms with Crippen molar-refractivity contribution in [2.45, 2.75) is 26.7 Å². The topological polar surface area (TPSA) is 86.6 Å². The molecule has 1 aromatic rings. The molecule has 0 heterocycles. The lowest BCUT2D eigenvalue weighted by molar-refractivity contribution is -0.135. The van der Waals surface area contributed by atoms with Crippen LogP contribution in [0.3, 0.4) is 0 Å². The molecule has 5 nitrogen and oxygen atoms in total. The van der Waals surface area contributed by atoms with Crippen LogP contribution in [0.4, 0.5) is 5.69 Å². The molecule has 0 saturated heterocycles. The first-order valence-electron chi connectivity index (χ1n) is 5.98. The van der Waals surface area contributed by atoms with E-state index < -0.39 is 11.9 Å². The summed E-state index contributed by atoms with van der Waals surface area (Å²) in [5, 5.41) is 20.6. The number of hydrogen-bond acceptors (Lipinski definition) is 3. The van der Waals surface area contributed by atoms with Crippen LogP contribution in [0.25, 0.3) is 0 Å². The maximum absolute atomic E-state index is 11.1. The van der Waals surface area contributed by atoms with Gasteiger partial charge in [0.1, 0.15) is 5.70 Å². The number of hydrogen-bond donors (Lipinski definition) is 3. The molecule has 0 aliphatic heterocycles. The Hall–Kier alpha value is -1.82. The fourth-order valence-corrected chi connectivity index (χ4v) is 2.04. The van der Waals surface area contributed by atoms with Crippen LogP contribution in [0.15, 0.2) is 33.9 Å². The van der Waals surface area contributed by atoms with Gasteiger partial charge in [-0.15, -0.1) is 0 Å². The number of anilines is 1. The van der Waals surface area contributed by atoms with Gasteiger partial charge in [-0.1, -0.05) is 19.9 Å². The lowest BCUT2D eigenvalue weighted by Gasteiger charge is -2.13. The van der Waals surface area contributed by atoms with E-state index in [2.05, 4.69) is 21.2 Å². The Morgan fingerprint density at radius 3 is 2.20 bits per heavy atom. The van der Waals surface area contributed by atoms with Gasteiger partial charge in [-0.3, -0.25) is 0 Å². The molecule has 20 heavy (non-hydrogen) atoms. The third kappa shape index (κ3) is 3.84. The normalized spacial score (nSPS) is 12.1. The molecule has 0 saturated carbocycles. The Labute approximate surface area is 125 Å². The van der Waals surface area contributed by atoms with E-state index >= 15 is 0 Å². The monoisotopic (exact) mass is 341 g/mol. The average Bonchev–Trinajstić information content (AvgIpc) is 2.35. The molecule has 0 aliphatic rings. The van der Waals surface area contributed by atoms with Gasteiger partial charge in [-0.25, -0.2) is 9.59 Å². The molecule has 1 aromatic carbocycles. The minimum Gasteiger partial charge on any atom is -0.478 e.